The van der Waals surface area contributed by atoms with Crippen molar-refractivity contribution in [2.45, 2.75) is 38.7 Å². The molecule has 0 N–H and O–H groups in total. The zero-order valence-corrected chi connectivity index (χ0v) is 8.97. The Morgan fingerprint density at radius 2 is 2.42 bits per heavy atom. The van der Waals surface area contributed by atoms with Crippen molar-refractivity contribution in [3.8, 4) is 0 Å². The molecule has 0 saturated carbocycles. The van der Waals surface area contributed by atoms with Crippen LogP contribution in [-0.2, 0) is 9.53 Å². The minimum absolute atomic E-state index is 0.0273. The average Bonchev–Trinajstić information content (AvgIpc) is 2.42. The first kappa shape index (κ1) is 10.0. The molecule has 0 aromatic heterocycles. The van der Waals surface area contributed by atoms with E-state index < -0.39 is 0 Å². The maximum absolute atomic E-state index is 10.9. The number of rotatable bonds is 4. The topological polar surface area (TPSA) is 26.3 Å². The molecule has 1 heterocycles. The predicted octanol–water partition coefficient (Wildman–Crippen LogP) is 2.50. The molecule has 1 aliphatic rings. The summed E-state index contributed by atoms with van der Waals surface area (Å²) in [5.74, 6) is 0.379. The monoisotopic (exact) mass is 234 g/mol. The van der Waals surface area contributed by atoms with Gasteiger partial charge in [0.2, 0.25) is 0 Å². The van der Waals surface area contributed by atoms with Crippen molar-refractivity contribution >= 4 is 21.9 Å². The Morgan fingerprint density at radius 1 is 1.67 bits per heavy atom. The van der Waals surface area contributed by atoms with Gasteiger partial charge >= 0.3 is 5.97 Å². The zero-order chi connectivity index (χ0) is 8.97. The smallest absolute Gasteiger partial charge is 0.306 e. The van der Waals surface area contributed by atoms with Gasteiger partial charge in [-0.3, -0.25) is 4.79 Å². The summed E-state index contributed by atoms with van der Waals surface area (Å²) in [5.41, 5.74) is 0. The first-order chi connectivity index (χ1) is 5.77. The van der Waals surface area contributed by atoms with Gasteiger partial charge in [0, 0.05) is 11.2 Å². The molecule has 0 amide bonds. The molecule has 1 rings (SSSR count). The number of esters is 1. The van der Waals surface area contributed by atoms with E-state index in [1.54, 1.807) is 0 Å². The average molecular weight is 235 g/mol. The van der Waals surface area contributed by atoms with Crippen molar-refractivity contribution < 1.29 is 9.53 Å². The number of halogens is 1. The summed E-state index contributed by atoms with van der Waals surface area (Å²) in [5, 5.41) is 0.882. The number of unbranched alkanes of at least 4 members (excludes halogenated alkanes) is 1. The lowest BCUT2D eigenvalue weighted by Crippen LogP contribution is -2.16. The Balaban J connectivity index is 2.35. The Morgan fingerprint density at radius 3 is 3.00 bits per heavy atom. The van der Waals surface area contributed by atoms with Crippen LogP contribution < -0.4 is 0 Å². The molecule has 0 aromatic rings. The number of alkyl halides is 1. The lowest BCUT2D eigenvalue weighted by Gasteiger charge is -2.14. The van der Waals surface area contributed by atoms with Crippen LogP contribution >= 0.6 is 15.9 Å². The summed E-state index contributed by atoms with van der Waals surface area (Å²) in [4.78, 5) is 10.9. The maximum Gasteiger partial charge on any atom is 0.306 e. The van der Waals surface area contributed by atoms with Crippen LogP contribution in [0.15, 0.2) is 0 Å². The molecule has 3 heteroatoms. The van der Waals surface area contributed by atoms with Gasteiger partial charge < -0.3 is 4.74 Å². The number of hydrogen-bond donors (Lipinski definition) is 0. The van der Waals surface area contributed by atoms with E-state index in [-0.39, 0.29) is 12.1 Å². The Labute approximate surface area is 81.8 Å². The molecule has 70 valence electrons. The number of carbonyl (C=O) groups is 1. The minimum Gasteiger partial charge on any atom is -0.462 e. The summed E-state index contributed by atoms with van der Waals surface area (Å²) in [6.07, 6.45) is 4.12. The molecule has 0 spiro atoms. The Bertz CT molecular complexity index is 159. The van der Waals surface area contributed by atoms with E-state index in [1.165, 1.54) is 6.42 Å². The van der Waals surface area contributed by atoms with Crippen molar-refractivity contribution in [3.05, 3.63) is 0 Å². The molecule has 2 atom stereocenters. The van der Waals surface area contributed by atoms with Gasteiger partial charge in [-0.15, -0.1) is 0 Å². The predicted molar refractivity (Wildman–Crippen MR) is 51.3 cm³/mol. The molecule has 0 bridgehead atoms. The summed E-state index contributed by atoms with van der Waals surface area (Å²) in [6.45, 7) is 2.15. The fourth-order valence-corrected chi connectivity index (χ4v) is 2.16. The van der Waals surface area contributed by atoms with E-state index in [0.29, 0.717) is 12.3 Å². The molecule has 12 heavy (non-hydrogen) atoms. The Hall–Kier alpha value is -0.0500. The van der Waals surface area contributed by atoms with Crippen molar-refractivity contribution in [1.82, 2.24) is 0 Å². The largest absolute Gasteiger partial charge is 0.462 e. The molecular formula is C9H15BrO2. The van der Waals surface area contributed by atoms with Crippen LogP contribution in [0.5, 0.6) is 0 Å². The maximum atomic E-state index is 10.9. The highest BCUT2D eigenvalue weighted by Crippen LogP contribution is 2.27. The molecule has 1 aliphatic heterocycles. The molecule has 0 aromatic carbocycles. The second kappa shape index (κ2) is 4.85. The molecule has 1 saturated heterocycles. The second-order valence-electron chi connectivity index (χ2n) is 3.29. The lowest BCUT2D eigenvalue weighted by atomic mass is 9.99. The summed E-state index contributed by atoms with van der Waals surface area (Å²) < 4.78 is 5.20. The first-order valence-electron chi connectivity index (χ1n) is 4.53. The normalized spacial score (nSPS) is 29.0. The van der Waals surface area contributed by atoms with Crippen LogP contribution in [0.4, 0.5) is 0 Å². The quantitative estimate of drug-likeness (QED) is 0.552. The van der Waals surface area contributed by atoms with Gasteiger partial charge in [-0.25, -0.2) is 0 Å². The Kier molecular flexibility index (Phi) is 4.06. The third kappa shape index (κ3) is 2.47. The third-order valence-electron chi connectivity index (χ3n) is 2.28. The molecule has 2 nitrogen and oxygen atoms in total. The van der Waals surface area contributed by atoms with Gasteiger partial charge in [0.25, 0.3) is 0 Å². The molecule has 1 fully saturated rings. The highest BCUT2D eigenvalue weighted by Gasteiger charge is 2.32. The second-order valence-corrected chi connectivity index (χ2v) is 3.94. The number of hydrogen-bond acceptors (Lipinski definition) is 2. The van der Waals surface area contributed by atoms with E-state index in [9.17, 15) is 4.79 Å². The minimum atomic E-state index is -0.0273. The highest BCUT2D eigenvalue weighted by atomic mass is 79.9. The fraction of sp³-hybridized carbons (Fsp3) is 0.889. The molecule has 0 aliphatic carbocycles. The van der Waals surface area contributed by atoms with Crippen LogP contribution in [0, 0.1) is 5.92 Å². The van der Waals surface area contributed by atoms with E-state index >= 15 is 0 Å². The summed E-state index contributed by atoms with van der Waals surface area (Å²) >= 11 is 3.40. The van der Waals surface area contributed by atoms with Crippen LogP contribution in [0.2, 0.25) is 0 Å². The van der Waals surface area contributed by atoms with Gasteiger partial charge in [0.05, 0.1) is 6.42 Å². The number of ether oxygens (including phenoxy) is 1. The molecule has 0 radical (unpaired) electrons. The van der Waals surface area contributed by atoms with E-state index in [0.717, 1.165) is 18.2 Å². The van der Waals surface area contributed by atoms with Gasteiger partial charge in [0.1, 0.15) is 6.10 Å². The highest BCUT2D eigenvalue weighted by molar-refractivity contribution is 9.09. The van der Waals surface area contributed by atoms with Crippen molar-refractivity contribution in [2.75, 3.05) is 5.33 Å². The van der Waals surface area contributed by atoms with Crippen molar-refractivity contribution in [1.29, 1.82) is 0 Å². The summed E-state index contributed by atoms with van der Waals surface area (Å²) in [7, 11) is 0. The fourth-order valence-electron chi connectivity index (χ4n) is 1.51. The van der Waals surface area contributed by atoms with E-state index in [2.05, 4.69) is 22.9 Å². The van der Waals surface area contributed by atoms with Gasteiger partial charge in [0.15, 0.2) is 0 Å². The van der Waals surface area contributed by atoms with Gasteiger partial charge in [-0.1, -0.05) is 35.7 Å². The van der Waals surface area contributed by atoms with E-state index in [1.807, 2.05) is 0 Å². The number of cyclic esters (lactones) is 1. The lowest BCUT2D eigenvalue weighted by molar-refractivity contribution is -0.141. The standard InChI is InChI=1S/C9H15BrO2/c1-2-3-4-8-7(6-10)5-9(11)12-8/h7-8H,2-6H2,1H3/t7-,8-/m1/s1. The first-order valence-corrected chi connectivity index (χ1v) is 5.65. The van der Waals surface area contributed by atoms with Crippen LogP contribution in [-0.4, -0.2) is 17.4 Å². The van der Waals surface area contributed by atoms with Crippen molar-refractivity contribution in [3.63, 3.8) is 0 Å². The SMILES string of the molecule is CCCC[C@H]1OC(=O)C[C@@H]1CBr. The van der Waals surface area contributed by atoms with E-state index in [4.69, 9.17) is 4.74 Å². The van der Waals surface area contributed by atoms with Crippen LogP contribution in [0.25, 0.3) is 0 Å². The summed E-state index contributed by atoms with van der Waals surface area (Å²) in [6, 6.07) is 0. The number of carbonyl (C=O) groups excluding carboxylic acids is 1. The van der Waals surface area contributed by atoms with Gasteiger partial charge in [-0.2, -0.15) is 0 Å². The van der Waals surface area contributed by atoms with Crippen LogP contribution in [0.3, 0.4) is 0 Å². The molecular weight excluding hydrogens is 220 g/mol. The molecule has 0 unspecified atom stereocenters. The van der Waals surface area contributed by atoms with Gasteiger partial charge in [-0.05, 0) is 6.42 Å². The zero-order valence-electron chi connectivity index (χ0n) is 7.38. The third-order valence-corrected chi connectivity index (χ3v) is 3.11. The van der Waals surface area contributed by atoms with Crippen molar-refractivity contribution in [2.24, 2.45) is 5.92 Å². The van der Waals surface area contributed by atoms with Crippen LogP contribution in [0.1, 0.15) is 32.6 Å².